The molecule has 1 saturated heterocycles. The number of rotatable bonds is 7. The second-order valence-corrected chi connectivity index (χ2v) is 12.3. The summed E-state index contributed by atoms with van der Waals surface area (Å²) in [4.78, 5) is 53.1. The number of hydrogen-bond donors (Lipinski definition) is 0. The molecular formula is C35H34ClN7O4. The highest BCUT2D eigenvalue weighted by Crippen LogP contribution is 2.33. The topological polar surface area (TPSA) is 126 Å². The molecule has 0 saturated carbocycles. The van der Waals surface area contributed by atoms with Gasteiger partial charge in [0, 0.05) is 48.0 Å². The molecule has 2 aromatic carbocycles. The van der Waals surface area contributed by atoms with Gasteiger partial charge in [0.15, 0.2) is 5.65 Å². The molecule has 4 heterocycles. The van der Waals surface area contributed by atoms with Crippen molar-refractivity contribution in [2.45, 2.75) is 39.2 Å². The average molecular weight is 652 g/mol. The van der Waals surface area contributed by atoms with Crippen LogP contribution in [0.4, 0.5) is 5.82 Å². The molecule has 47 heavy (non-hydrogen) atoms. The van der Waals surface area contributed by atoms with Gasteiger partial charge in [-0.15, -0.1) is 0 Å². The highest BCUT2D eigenvalue weighted by atomic mass is 35.5. The van der Waals surface area contributed by atoms with E-state index in [1.54, 1.807) is 53.1 Å². The van der Waals surface area contributed by atoms with Gasteiger partial charge in [0.2, 0.25) is 11.8 Å². The molecule has 1 aliphatic rings. The zero-order chi connectivity index (χ0) is 33.4. The van der Waals surface area contributed by atoms with E-state index in [1.807, 2.05) is 43.1 Å². The summed E-state index contributed by atoms with van der Waals surface area (Å²) in [5.74, 6) is 0.900. The van der Waals surface area contributed by atoms with E-state index in [4.69, 9.17) is 21.6 Å². The lowest BCUT2D eigenvalue weighted by atomic mass is 9.92. The molecule has 0 bridgehead atoms. The second kappa shape index (κ2) is 12.9. The normalized spacial score (nSPS) is 16.3. The second-order valence-electron chi connectivity index (χ2n) is 11.9. The van der Waals surface area contributed by atoms with Crippen LogP contribution in [0.1, 0.15) is 46.2 Å². The summed E-state index contributed by atoms with van der Waals surface area (Å²) in [6.45, 7) is 5.07. The number of carbonyl (C=O) groups is 3. The summed E-state index contributed by atoms with van der Waals surface area (Å²) < 4.78 is 8.63. The van der Waals surface area contributed by atoms with Crippen LogP contribution in [-0.2, 0) is 11.2 Å². The van der Waals surface area contributed by atoms with E-state index >= 15 is 0 Å². The van der Waals surface area contributed by atoms with Gasteiger partial charge in [-0.25, -0.2) is 9.97 Å². The van der Waals surface area contributed by atoms with Gasteiger partial charge in [-0.2, -0.15) is 5.26 Å². The number of halogens is 1. The molecule has 0 unspecified atom stereocenters. The summed E-state index contributed by atoms with van der Waals surface area (Å²) >= 11 is 6.07. The first-order valence-corrected chi connectivity index (χ1v) is 15.7. The van der Waals surface area contributed by atoms with Gasteiger partial charge >= 0.3 is 0 Å². The van der Waals surface area contributed by atoms with Crippen molar-refractivity contribution in [3.05, 3.63) is 82.9 Å². The summed E-state index contributed by atoms with van der Waals surface area (Å²) in [5, 5.41) is 11.0. The van der Waals surface area contributed by atoms with Crippen molar-refractivity contribution in [1.29, 1.82) is 5.26 Å². The Morgan fingerprint density at radius 1 is 1.09 bits per heavy atom. The van der Waals surface area contributed by atoms with Crippen LogP contribution in [0.3, 0.4) is 0 Å². The van der Waals surface area contributed by atoms with E-state index in [-0.39, 0.29) is 42.5 Å². The van der Waals surface area contributed by atoms with Crippen LogP contribution in [0.15, 0.2) is 61.1 Å². The molecular weight excluding hydrogens is 618 g/mol. The smallest absolute Gasteiger partial charge is 0.262 e. The van der Waals surface area contributed by atoms with Gasteiger partial charge < -0.3 is 14.5 Å². The van der Waals surface area contributed by atoms with E-state index in [0.29, 0.717) is 63.1 Å². The van der Waals surface area contributed by atoms with Crippen LogP contribution >= 0.6 is 11.6 Å². The number of aromatic nitrogens is 4. The lowest BCUT2D eigenvalue weighted by Crippen LogP contribution is -2.52. The Balaban J connectivity index is 1.34. The maximum absolute atomic E-state index is 14.0. The minimum Gasteiger partial charge on any atom is -0.497 e. The number of piperidine rings is 1. The number of likely N-dealkylation sites (N-methyl/N-ethyl adjacent to an activating group) is 1. The fourth-order valence-electron chi connectivity index (χ4n) is 6.57. The van der Waals surface area contributed by atoms with Crippen molar-refractivity contribution in [1.82, 2.24) is 24.0 Å². The minimum atomic E-state index is -0.232. The number of methoxy groups -OCH3 is 1. The maximum Gasteiger partial charge on any atom is 0.262 e. The van der Waals surface area contributed by atoms with Gasteiger partial charge in [0.05, 0.1) is 36.5 Å². The fraction of sp³-hybridized carbons (Fsp3) is 0.314. The number of nitrogens with zero attached hydrogens (tertiary/aromatic N) is 7. The Hall–Kier alpha value is -5.21. The predicted octanol–water partition coefficient (Wildman–Crippen LogP) is 5.51. The number of fused-ring (bicyclic) bond motifs is 2. The molecule has 1 amide bonds. The first-order valence-electron chi connectivity index (χ1n) is 15.3. The van der Waals surface area contributed by atoms with E-state index in [2.05, 4.69) is 16.9 Å². The van der Waals surface area contributed by atoms with Crippen LogP contribution in [-0.4, -0.2) is 75.0 Å². The number of carbonyl (C=O) groups excluding carboxylic acids is 3. The first-order chi connectivity index (χ1) is 22.6. The van der Waals surface area contributed by atoms with Crippen molar-refractivity contribution in [3.63, 3.8) is 0 Å². The third-order valence-corrected chi connectivity index (χ3v) is 9.48. The van der Waals surface area contributed by atoms with E-state index in [9.17, 15) is 14.4 Å². The van der Waals surface area contributed by atoms with Crippen LogP contribution in [0.5, 0.6) is 5.75 Å². The molecule has 12 heteroatoms. The molecule has 3 aromatic heterocycles. The number of likely N-dealkylation sites (tertiary alicyclic amines) is 1. The third kappa shape index (κ3) is 5.81. The molecule has 240 valence electrons. The zero-order valence-electron chi connectivity index (χ0n) is 26.6. The van der Waals surface area contributed by atoms with E-state index in [0.717, 1.165) is 11.8 Å². The standard InChI is InChI=1S/C35H34ClN7O4/c1-21-12-15-41(31(44)11-14-37)19-30(21)40(3)33-26-13-16-42(34(26)39-20-38-33)32(45)18-27-22(2)43(29-10-9-25(47-4)17-28(27)29)35(46)23-5-7-24(36)8-6-23/h5-10,13,16-17,20-21,30H,11-12,15,18-19H2,1-4H3/t21-,30+/m1/s1. The number of nitriles is 1. The molecule has 6 rings (SSSR count). The van der Waals surface area contributed by atoms with E-state index in [1.165, 1.54) is 10.9 Å². The highest BCUT2D eigenvalue weighted by molar-refractivity contribution is 6.30. The summed E-state index contributed by atoms with van der Waals surface area (Å²) in [7, 11) is 3.51. The quantitative estimate of drug-likeness (QED) is 0.225. The molecule has 2 atom stereocenters. The summed E-state index contributed by atoms with van der Waals surface area (Å²) in [6.07, 6.45) is 3.80. The van der Waals surface area contributed by atoms with Crippen LogP contribution in [0.2, 0.25) is 5.02 Å². The van der Waals surface area contributed by atoms with Crippen LogP contribution in [0.25, 0.3) is 21.9 Å². The van der Waals surface area contributed by atoms with E-state index < -0.39 is 0 Å². The van der Waals surface area contributed by atoms with Gasteiger partial charge in [-0.3, -0.25) is 23.5 Å². The largest absolute Gasteiger partial charge is 0.497 e. The number of hydrogen-bond acceptors (Lipinski definition) is 8. The molecule has 0 spiro atoms. The molecule has 11 nitrogen and oxygen atoms in total. The fourth-order valence-corrected chi connectivity index (χ4v) is 6.69. The lowest BCUT2D eigenvalue weighted by molar-refractivity contribution is -0.131. The van der Waals surface area contributed by atoms with Gasteiger partial charge in [-0.1, -0.05) is 18.5 Å². The SMILES string of the molecule is COc1ccc2c(c1)c(CC(=O)n1ccc3c(N(C)[C@H]4CN(C(=O)CC#N)CC[C@H]4C)ncnc31)c(C)n2C(=O)c1ccc(Cl)cc1. The number of ether oxygens (including phenoxy) is 1. The number of anilines is 1. The van der Waals surface area contributed by atoms with Crippen molar-refractivity contribution in [2.75, 3.05) is 32.1 Å². The molecule has 5 aromatic rings. The molecule has 1 fully saturated rings. The van der Waals surface area contributed by atoms with Crippen LogP contribution in [0, 0.1) is 24.2 Å². The number of benzene rings is 2. The average Bonchev–Trinajstić information content (AvgIpc) is 3.63. The van der Waals surface area contributed by atoms with Crippen molar-refractivity contribution in [3.8, 4) is 11.8 Å². The Bertz CT molecular complexity index is 2060. The lowest BCUT2D eigenvalue weighted by Gasteiger charge is -2.42. The Morgan fingerprint density at radius 2 is 1.85 bits per heavy atom. The third-order valence-electron chi connectivity index (χ3n) is 9.23. The zero-order valence-corrected chi connectivity index (χ0v) is 27.4. The van der Waals surface area contributed by atoms with Gasteiger partial charge in [-0.05, 0) is 73.4 Å². The van der Waals surface area contributed by atoms with Crippen molar-refractivity contribution < 1.29 is 19.1 Å². The maximum atomic E-state index is 14.0. The highest BCUT2D eigenvalue weighted by Gasteiger charge is 2.33. The van der Waals surface area contributed by atoms with Crippen molar-refractivity contribution in [2.24, 2.45) is 5.92 Å². The summed E-state index contributed by atoms with van der Waals surface area (Å²) in [6, 6.07) is 15.9. The summed E-state index contributed by atoms with van der Waals surface area (Å²) in [5.41, 5.74) is 2.95. The molecule has 0 aliphatic carbocycles. The number of amides is 1. The Labute approximate surface area is 276 Å². The van der Waals surface area contributed by atoms with Crippen molar-refractivity contribution >= 4 is 57.1 Å². The Kier molecular flexibility index (Phi) is 8.71. The van der Waals surface area contributed by atoms with Crippen LogP contribution < -0.4 is 9.64 Å². The molecule has 1 aliphatic heterocycles. The molecule has 0 radical (unpaired) electrons. The minimum absolute atomic E-state index is 0.00494. The first kappa shape index (κ1) is 31.8. The molecule has 0 N–H and O–H groups in total. The Morgan fingerprint density at radius 3 is 2.57 bits per heavy atom. The predicted molar refractivity (Wildman–Crippen MR) is 179 cm³/mol. The monoisotopic (exact) mass is 651 g/mol. The van der Waals surface area contributed by atoms with Gasteiger partial charge in [0.25, 0.3) is 5.91 Å². The van der Waals surface area contributed by atoms with Gasteiger partial charge in [0.1, 0.15) is 24.3 Å².